The highest BCUT2D eigenvalue weighted by atomic mass is 19.1. The topological polar surface area (TPSA) is 29.3 Å². The molecule has 0 aromatic heterocycles. The molecule has 0 amide bonds. The molecule has 2 nitrogen and oxygen atoms in total. The van der Waals surface area contributed by atoms with Gasteiger partial charge >= 0.3 is 0 Å². The Morgan fingerprint density at radius 2 is 2.22 bits per heavy atom. The van der Waals surface area contributed by atoms with Gasteiger partial charge in [-0.15, -0.1) is 0 Å². The lowest BCUT2D eigenvalue weighted by atomic mass is 10.0. The van der Waals surface area contributed by atoms with Crippen LogP contribution < -0.4 is 5.73 Å². The average Bonchev–Trinajstić information content (AvgIpc) is 3.01. The Kier molecular flexibility index (Phi) is 4.36. The summed E-state index contributed by atoms with van der Waals surface area (Å²) in [6.45, 7) is 4.44. The summed E-state index contributed by atoms with van der Waals surface area (Å²) in [6, 6.07) is 6.54. The van der Waals surface area contributed by atoms with Crippen molar-refractivity contribution in [3.05, 3.63) is 35.6 Å². The van der Waals surface area contributed by atoms with Crippen LogP contribution in [0.5, 0.6) is 0 Å². The van der Waals surface area contributed by atoms with E-state index in [0.29, 0.717) is 0 Å². The summed E-state index contributed by atoms with van der Waals surface area (Å²) in [6.07, 6.45) is 2.24. The zero-order valence-corrected chi connectivity index (χ0v) is 11.3. The van der Waals surface area contributed by atoms with E-state index in [1.807, 2.05) is 6.07 Å². The molecule has 0 bridgehead atoms. The summed E-state index contributed by atoms with van der Waals surface area (Å²) in [7, 11) is 2.14. The maximum Gasteiger partial charge on any atom is 0.123 e. The Morgan fingerprint density at radius 3 is 2.83 bits per heavy atom. The maximum absolute atomic E-state index is 13.1. The second-order valence-corrected chi connectivity index (χ2v) is 5.69. The van der Waals surface area contributed by atoms with E-state index in [1.54, 1.807) is 6.07 Å². The number of benzene rings is 1. The molecule has 0 heterocycles. The maximum atomic E-state index is 13.1. The van der Waals surface area contributed by atoms with Crippen molar-refractivity contribution >= 4 is 0 Å². The molecule has 0 spiro atoms. The van der Waals surface area contributed by atoms with Crippen LogP contribution in [0.3, 0.4) is 0 Å². The Bertz CT molecular complexity index is 394. The van der Waals surface area contributed by atoms with Crippen LogP contribution in [0, 0.1) is 17.7 Å². The minimum Gasteiger partial charge on any atom is -0.324 e. The fraction of sp³-hybridized carbons (Fsp3) is 0.600. The molecule has 3 unspecified atom stereocenters. The van der Waals surface area contributed by atoms with E-state index >= 15 is 0 Å². The van der Waals surface area contributed by atoms with Crippen LogP contribution in [0.15, 0.2) is 24.3 Å². The Morgan fingerprint density at radius 1 is 1.50 bits per heavy atom. The number of rotatable bonds is 6. The van der Waals surface area contributed by atoms with Crippen LogP contribution in [0.1, 0.15) is 31.4 Å². The second-order valence-electron chi connectivity index (χ2n) is 5.69. The minimum atomic E-state index is -0.205. The first kappa shape index (κ1) is 13.5. The van der Waals surface area contributed by atoms with E-state index in [4.69, 9.17) is 5.73 Å². The van der Waals surface area contributed by atoms with E-state index in [1.165, 1.54) is 18.6 Å². The van der Waals surface area contributed by atoms with Crippen LogP contribution in [0.25, 0.3) is 0 Å². The molecule has 0 aliphatic heterocycles. The van der Waals surface area contributed by atoms with Crippen LogP contribution >= 0.6 is 0 Å². The van der Waals surface area contributed by atoms with Gasteiger partial charge in [-0.3, -0.25) is 0 Å². The summed E-state index contributed by atoms with van der Waals surface area (Å²) in [5, 5.41) is 0. The second kappa shape index (κ2) is 5.81. The lowest BCUT2D eigenvalue weighted by Crippen LogP contribution is -2.26. The third kappa shape index (κ3) is 3.79. The minimum absolute atomic E-state index is 0.0697. The van der Waals surface area contributed by atoms with Crippen molar-refractivity contribution in [3.63, 3.8) is 0 Å². The molecule has 1 saturated carbocycles. The van der Waals surface area contributed by atoms with Crippen molar-refractivity contribution in [2.75, 3.05) is 20.1 Å². The molecule has 1 aromatic carbocycles. The highest BCUT2D eigenvalue weighted by Gasteiger charge is 2.32. The zero-order valence-electron chi connectivity index (χ0n) is 11.3. The molecule has 2 N–H and O–H groups in total. The van der Waals surface area contributed by atoms with Gasteiger partial charge in [-0.05, 0) is 56.0 Å². The largest absolute Gasteiger partial charge is 0.324 e. The molecule has 3 atom stereocenters. The molecule has 1 aromatic rings. The number of nitrogens with two attached hydrogens (primary N) is 1. The fourth-order valence-corrected chi connectivity index (χ4v) is 2.41. The summed E-state index contributed by atoms with van der Waals surface area (Å²) in [5.74, 6) is 1.56. The van der Waals surface area contributed by atoms with Crippen molar-refractivity contribution in [1.29, 1.82) is 0 Å². The van der Waals surface area contributed by atoms with Crippen LogP contribution in [0.4, 0.5) is 4.39 Å². The first-order chi connectivity index (χ1) is 8.56. The molecule has 1 aliphatic carbocycles. The summed E-state index contributed by atoms with van der Waals surface area (Å²) >= 11 is 0. The molecular weight excluding hydrogens is 227 g/mol. The van der Waals surface area contributed by atoms with Crippen molar-refractivity contribution in [3.8, 4) is 0 Å². The highest BCUT2D eigenvalue weighted by molar-refractivity contribution is 5.19. The van der Waals surface area contributed by atoms with Gasteiger partial charge < -0.3 is 10.6 Å². The van der Waals surface area contributed by atoms with Gasteiger partial charge in [0.2, 0.25) is 0 Å². The van der Waals surface area contributed by atoms with Gasteiger partial charge in [0.25, 0.3) is 0 Å². The number of hydrogen-bond acceptors (Lipinski definition) is 2. The molecule has 0 saturated heterocycles. The monoisotopic (exact) mass is 250 g/mol. The van der Waals surface area contributed by atoms with Crippen molar-refractivity contribution < 1.29 is 4.39 Å². The fourth-order valence-electron chi connectivity index (χ4n) is 2.41. The van der Waals surface area contributed by atoms with Gasteiger partial charge in [0.05, 0.1) is 0 Å². The van der Waals surface area contributed by atoms with Crippen LogP contribution in [-0.4, -0.2) is 25.0 Å². The van der Waals surface area contributed by atoms with Gasteiger partial charge in [0, 0.05) is 12.6 Å². The molecule has 0 radical (unpaired) electrons. The molecule has 18 heavy (non-hydrogen) atoms. The first-order valence-electron chi connectivity index (χ1n) is 6.76. The van der Waals surface area contributed by atoms with E-state index in [9.17, 15) is 4.39 Å². The van der Waals surface area contributed by atoms with Gasteiger partial charge in [0.15, 0.2) is 0 Å². The summed E-state index contributed by atoms with van der Waals surface area (Å²) in [5.41, 5.74) is 6.98. The van der Waals surface area contributed by atoms with Crippen LogP contribution in [-0.2, 0) is 0 Å². The number of halogens is 1. The summed E-state index contributed by atoms with van der Waals surface area (Å²) < 4.78 is 13.1. The predicted molar refractivity (Wildman–Crippen MR) is 72.7 cm³/mol. The Hall–Kier alpha value is -0.930. The first-order valence-corrected chi connectivity index (χ1v) is 6.76. The van der Waals surface area contributed by atoms with E-state index in [0.717, 1.165) is 36.9 Å². The van der Waals surface area contributed by atoms with Crippen molar-refractivity contribution in [1.82, 2.24) is 4.90 Å². The molecule has 3 heteroatoms. The average molecular weight is 250 g/mol. The molecule has 2 rings (SSSR count). The molecular formula is C15H23FN2. The highest BCUT2D eigenvalue weighted by Crippen LogP contribution is 2.37. The van der Waals surface area contributed by atoms with Crippen molar-refractivity contribution in [2.45, 2.75) is 25.8 Å². The van der Waals surface area contributed by atoms with Gasteiger partial charge in [-0.25, -0.2) is 4.39 Å². The lowest BCUT2D eigenvalue weighted by Gasteiger charge is -2.19. The van der Waals surface area contributed by atoms with E-state index in [2.05, 4.69) is 18.9 Å². The quantitative estimate of drug-likeness (QED) is 0.841. The molecule has 100 valence electrons. The third-order valence-electron chi connectivity index (χ3n) is 3.92. The normalized spacial score (nSPS) is 24.3. The SMILES string of the molecule is CC1CC1CN(C)CCC(N)c1cccc(F)c1. The standard InChI is InChI=1S/C15H23FN2/c1-11-8-13(11)10-18(2)7-6-15(17)12-4-3-5-14(16)9-12/h3-5,9,11,13,15H,6-8,10,17H2,1-2H3. The Balaban J connectivity index is 1.75. The van der Waals surface area contributed by atoms with Gasteiger partial charge in [-0.2, -0.15) is 0 Å². The number of hydrogen-bond donors (Lipinski definition) is 1. The Labute approximate surface area is 109 Å². The lowest BCUT2D eigenvalue weighted by molar-refractivity contribution is 0.301. The van der Waals surface area contributed by atoms with E-state index < -0.39 is 0 Å². The van der Waals surface area contributed by atoms with Gasteiger partial charge in [0.1, 0.15) is 5.82 Å². The van der Waals surface area contributed by atoms with Crippen LogP contribution in [0.2, 0.25) is 0 Å². The third-order valence-corrected chi connectivity index (χ3v) is 3.92. The zero-order chi connectivity index (χ0) is 13.1. The molecule has 1 aliphatic rings. The van der Waals surface area contributed by atoms with Crippen molar-refractivity contribution in [2.24, 2.45) is 17.6 Å². The number of nitrogens with zero attached hydrogens (tertiary/aromatic N) is 1. The van der Waals surface area contributed by atoms with E-state index in [-0.39, 0.29) is 11.9 Å². The van der Waals surface area contributed by atoms with Gasteiger partial charge in [-0.1, -0.05) is 19.1 Å². The predicted octanol–water partition coefficient (Wildman–Crippen LogP) is 2.80. The summed E-state index contributed by atoms with van der Waals surface area (Å²) in [4.78, 5) is 2.34. The smallest absolute Gasteiger partial charge is 0.123 e. The molecule has 1 fully saturated rings.